The molecule has 3 atom stereocenters. The van der Waals surface area contributed by atoms with E-state index < -0.39 is 0 Å². The zero-order valence-corrected chi connectivity index (χ0v) is 11.0. The van der Waals surface area contributed by atoms with Crippen LogP contribution in [0.25, 0.3) is 0 Å². The molecule has 0 radical (unpaired) electrons. The molecule has 1 N–H and O–H groups in total. The van der Waals surface area contributed by atoms with E-state index in [4.69, 9.17) is 11.6 Å². The Bertz CT molecular complexity index is 418. The number of carbonyl (C=O) groups is 1. The molecule has 1 saturated carbocycles. The van der Waals surface area contributed by atoms with E-state index in [-0.39, 0.29) is 17.9 Å². The van der Waals surface area contributed by atoms with Crippen molar-refractivity contribution in [3.05, 3.63) is 34.9 Å². The van der Waals surface area contributed by atoms with Gasteiger partial charge in [-0.1, -0.05) is 36.7 Å². The van der Waals surface area contributed by atoms with Gasteiger partial charge in [-0.2, -0.15) is 0 Å². The fraction of sp³-hybridized carbons (Fsp3) is 0.500. The summed E-state index contributed by atoms with van der Waals surface area (Å²) in [7, 11) is 0. The van der Waals surface area contributed by atoms with E-state index in [2.05, 4.69) is 12.2 Å². The number of hydrogen-bond acceptors (Lipinski definition) is 1. The molecule has 1 aromatic carbocycles. The molecule has 0 aliphatic heterocycles. The molecule has 3 heteroatoms. The molecule has 0 saturated heterocycles. The highest BCUT2D eigenvalue weighted by atomic mass is 35.5. The van der Waals surface area contributed by atoms with Crippen molar-refractivity contribution in [2.45, 2.75) is 38.6 Å². The van der Waals surface area contributed by atoms with Gasteiger partial charge in [0.05, 0.1) is 0 Å². The maximum absolute atomic E-state index is 11.9. The van der Waals surface area contributed by atoms with Crippen molar-refractivity contribution in [3.63, 3.8) is 0 Å². The summed E-state index contributed by atoms with van der Waals surface area (Å²) < 4.78 is 0. The maximum atomic E-state index is 11.9. The van der Waals surface area contributed by atoms with Crippen molar-refractivity contribution in [2.75, 3.05) is 0 Å². The van der Waals surface area contributed by atoms with Gasteiger partial charge in [0, 0.05) is 17.0 Å². The summed E-state index contributed by atoms with van der Waals surface area (Å²) in [5, 5.41) is 3.80. The number of carbonyl (C=O) groups excluding carboxylic acids is 1. The van der Waals surface area contributed by atoms with Gasteiger partial charge < -0.3 is 5.32 Å². The number of halogens is 1. The van der Waals surface area contributed by atoms with Crippen molar-refractivity contribution in [1.82, 2.24) is 5.32 Å². The van der Waals surface area contributed by atoms with E-state index in [0.29, 0.717) is 5.92 Å². The average Bonchev–Trinajstić information content (AvgIpc) is 3.09. The third kappa shape index (κ3) is 2.81. The molecule has 2 rings (SSSR count). The Hall–Kier alpha value is -1.02. The van der Waals surface area contributed by atoms with E-state index in [9.17, 15) is 4.79 Å². The van der Waals surface area contributed by atoms with Gasteiger partial charge in [-0.05, 0) is 37.3 Å². The molecule has 1 amide bonds. The van der Waals surface area contributed by atoms with Crippen molar-refractivity contribution in [1.29, 1.82) is 0 Å². The Labute approximate surface area is 107 Å². The summed E-state index contributed by atoms with van der Waals surface area (Å²) in [6.45, 7) is 4.11. The molecular weight excluding hydrogens is 234 g/mol. The first-order valence-electron chi connectivity index (χ1n) is 6.18. The van der Waals surface area contributed by atoms with Crippen LogP contribution in [0.3, 0.4) is 0 Å². The van der Waals surface area contributed by atoms with Crippen LogP contribution in [0.5, 0.6) is 0 Å². The molecule has 17 heavy (non-hydrogen) atoms. The van der Waals surface area contributed by atoms with Crippen LogP contribution in [0.2, 0.25) is 5.02 Å². The SMILES string of the molecule is CCC(C)NC(=O)C1CC1c1ccccc1Cl. The second-order valence-electron chi connectivity index (χ2n) is 4.79. The normalized spacial score (nSPS) is 24.2. The summed E-state index contributed by atoms with van der Waals surface area (Å²) in [5.74, 6) is 0.598. The van der Waals surface area contributed by atoms with Gasteiger partial charge in [0.1, 0.15) is 0 Å². The quantitative estimate of drug-likeness (QED) is 0.874. The summed E-state index contributed by atoms with van der Waals surface area (Å²) in [5.41, 5.74) is 1.11. The van der Waals surface area contributed by atoms with Gasteiger partial charge in [-0.3, -0.25) is 4.79 Å². The average molecular weight is 252 g/mol. The molecule has 1 aromatic rings. The third-order valence-electron chi connectivity index (χ3n) is 3.43. The molecule has 92 valence electrons. The zero-order valence-electron chi connectivity index (χ0n) is 10.2. The van der Waals surface area contributed by atoms with Crippen molar-refractivity contribution < 1.29 is 4.79 Å². The molecule has 3 unspecified atom stereocenters. The third-order valence-corrected chi connectivity index (χ3v) is 3.78. The van der Waals surface area contributed by atoms with Crippen LogP contribution in [0.4, 0.5) is 0 Å². The molecule has 2 nitrogen and oxygen atoms in total. The number of nitrogens with one attached hydrogen (secondary N) is 1. The van der Waals surface area contributed by atoms with Gasteiger partial charge in [-0.15, -0.1) is 0 Å². The topological polar surface area (TPSA) is 29.1 Å². The summed E-state index contributed by atoms with van der Waals surface area (Å²) >= 11 is 6.13. The number of hydrogen-bond donors (Lipinski definition) is 1. The Morgan fingerprint density at radius 1 is 1.53 bits per heavy atom. The fourth-order valence-corrected chi connectivity index (χ4v) is 2.33. The number of amides is 1. The van der Waals surface area contributed by atoms with Gasteiger partial charge in [-0.25, -0.2) is 0 Å². The highest BCUT2D eigenvalue weighted by molar-refractivity contribution is 6.31. The predicted molar refractivity (Wildman–Crippen MR) is 70.2 cm³/mol. The number of rotatable bonds is 4. The van der Waals surface area contributed by atoms with Crippen molar-refractivity contribution >= 4 is 17.5 Å². The van der Waals surface area contributed by atoms with Crippen LogP contribution < -0.4 is 5.32 Å². The summed E-state index contributed by atoms with van der Waals surface area (Å²) in [6, 6.07) is 8.06. The fourth-order valence-electron chi connectivity index (χ4n) is 2.06. The molecule has 0 bridgehead atoms. The Kier molecular flexibility index (Phi) is 3.72. The van der Waals surface area contributed by atoms with Crippen LogP contribution in [0.15, 0.2) is 24.3 Å². The second-order valence-corrected chi connectivity index (χ2v) is 5.20. The van der Waals surface area contributed by atoms with E-state index in [0.717, 1.165) is 23.4 Å². The minimum atomic E-state index is 0.115. The minimum Gasteiger partial charge on any atom is -0.353 e. The first-order chi connectivity index (χ1) is 8.13. The Morgan fingerprint density at radius 2 is 2.24 bits per heavy atom. The van der Waals surface area contributed by atoms with Gasteiger partial charge in [0.25, 0.3) is 0 Å². The first kappa shape index (κ1) is 12.4. The van der Waals surface area contributed by atoms with Crippen LogP contribution in [0, 0.1) is 5.92 Å². The van der Waals surface area contributed by atoms with E-state index in [1.165, 1.54) is 0 Å². The lowest BCUT2D eigenvalue weighted by Gasteiger charge is -2.11. The molecule has 1 aliphatic carbocycles. The lowest BCUT2D eigenvalue weighted by Crippen LogP contribution is -2.33. The van der Waals surface area contributed by atoms with Gasteiger partial charge in [0.15, 0.2) is 0 Å². The highest BCUT2D eigenvalue weighted by Crippen LogP contribution is 2.49. The van der Waals surface area contributed by atoms with E-state index in [1.807, 2.05) is 31.2 Å². The zero-order chi connectivity index (χ0) is 12.4. The lowest BCUT2D eigenvalue weighted by atomic mass is 10.1. The largest absolute Gasteiger partial charge is 0.353 e. The van der Waals surface area contributed by atoms with E-state index in [1.54, 1.807) is 0 Å². The van der Waals surface area contributed by atoms with Crippen molar-refractivity contribution in [3.8, 4) is 0 Å². The van der Waals surface area contributed by atoms with Crippen LogP contribution in [-0.2, 0) is 4.79 Å². The molecule has 1 fully saturated rings. The molecule has 0 heterocycles. The van der Waals surface area contributed by atoms with Crippen molar-refractivity contribution in [2.24, 2.45) is 5.92 Å². The summed E-state index contributed by atoms with van der Waals surface area (Å²) in [6.07, 6.45) is 1.89. The summed E-state index contributed by atoms with van der Waals surface area (Å²) in [4.78, 5) is 11.9. The smallest absolute Gasteiger partial charge is 0.223 e. The lowest BCUT2D eigenvalue weighted by molar-refractivity contribution is -0.123. The molecule has 0 spiro atoms. The number of benzene rings is 1. The predicted octanol–water partition coefficient (Wildman–Crippen LogP) is 3.36. The maximum Gasteiger partial charge on any atom is 0.223 e. The Balaban J connectivity index is 1.97. The molecular formula is C14H18ClNO. The van der Waals surface area contributed by atoms with Crippen LogP contribution in [-0.4, -0.2) is 11.9 Å². The minimum absolute atomic E-state index is 0.115. The standard InChI is InChI=1S/C14H18ClNO/c1-3-9(2)16-14(17)12-8-11(12)10-6-4-5-7-13(10)15/h4-7,9,11-12H,3,8H2,1-2H3,(H,16,17). The van der Waals surface area contributed by atoms with Gasteiger partial charge in [0.2, 0.25) is 5.91 Å². The van der Waals surface area contributed by atoms with Crippen LogP contribution >= 0.6 is 11.6 Å². The van der Waals surface area contributed by atoms with E-state index >= 15 is 0 Å². The van der Waals surface area contributed by atoms with Gasteiger partial charge >= 0.3 is 0 Å². The second kappa shape index (κ2) is 5.09. The Morgan fingerprint density at radius 3 is 2.88 bits per heavy atom. The highest BCUT2D eigenvalue weighted by Gasteiger charge is 2.44. The van der Waals surface area contributed by atoms with Crippen LogP contribution in [0.1, 0.15) is 38.2 Å². The first-order valence-corrected chi connectivity index (χ1v) is 6.56. The molecule has 0 aromatic heterocycles. The monoisotopic (exact) mass is 251 g/mol. The molecule has 1 aliphatic rings.